The quantitative estimate of drug-likeness (QED) is 0.861. The number of hydrogen-bond acceptors (Lipinski definition) is 4. The Balaban J connectivity index is 1.76. The van der Waals surface area contributed by atoms with Gasteiger partial charge in [-0.3, -0.25) is 4.79 Å². The van der Waals surface area contributed by atoms with Crippen molar-refractivity contribution in [3.05, 3.63) is 51.7 Å². The Kier molecular flexibility index (Phi) is 5.41. The van der Waals surface area contributed by atoms with Gasteiger partial charge < -0.3 is 10.4 Å². The summed E-state index contributed by atoms with van der Waals surface area (Å²) >= 11 is 1.60. The fourth-order valence-corrected chi connectivity index (χ4v) is 2.69. The highest BCUT2D eigenvalue weighted by atomic mass is 32.1. The zero-order chi connectivity index (χ0) is 15.2. The Morgan fingerprint density at radius 2 is 2.33 bits per heavy atom. The molecule has 0 radical (unpaired) electrons. The molecule has 0 saturated carbocycles. The van der Waals surface area contributed by atoms with Crippen LogP contribution in [0.25, 0.3) is 0 Å². The third kappa shape index (κ3) is 4.91. The molecule has 0 aliphatic carbocycles. The number of thiazole rings is 1. The average molecular weight is 308 g/mol. The molecule has 2 rings (SSSR count). The minimum absolute atomic E-state index is 0.0830. The number of carbonyl (C=O) groups excluding carboxylic acids is 1. The lowest BCUT2D eigenvalue weighted by Crippen LogP contribution is -2.27. The van der Waals surface area contributed by atoms with Gasteiger partial charge in [0.15, 0.2) is 0 Å². The number of carbonyl (C=O) groups is 1. The molecule has 1 atom stereocenters. The normalized spacial score (nSPS) is 12.1. The van der Waals surface area contributed by atoms with Gasteiger partial charge in [0.05, 0.1) is 17.5 Å². The number of aromatic nitrogens is 1. The zero-order valence-electron chi connectivity index (χ0n) is 11.7. The Labute approximate surface area is 126 Å². The first kappa shape index (κ1) is 15.6. The molecular weight excluding hydrogens is 291 g/mol. The molecule has 1 heterocycles. The number of aryl methyl sites for hydroxylation is 1. The number of amides is 1. The number of benzene rings is 1. The van der Waals surface area contributed by atoms with Crippen molar-refractivity contribution >= 4 is 17.2 Å². The smallest absolute Gasteiger partial charge is 0.222 e. The average Bonchev–Trinajstić information content (AvgIpc) is 2.84. The van der Waals surface area contributed by atoms with Crippen LogP contribution in [-0.2, 0) is 11.2 Å². The molecule has 0 spiro atoms. The van der Waals surface area contributed by atoms with E-state index >= 15 is 0 Å². The van der Waals surface area contributed by atoms with Crippen LogP contribution in [0.4, 0.5) is 4.39 Å². The van der Waals surface area contributed by atoms with Gasteiger partial charge in [-0.05, 0) is 24.6 Å². The van der Waals surface area contributed by atoms with Crippen LogP contribution in [0.1, 0.15) is 28.0 Å². The van der Waals surface area contributed by atoms with Crippen LogP contribution in [0.5, 0.6) is 0 Å². The molecule has 0 bridgehead atoms. The Hall–Kier alpha value is -1.79. The Bertz CT molecular complexity index is 615. The molecule has 2 aromatic rings. The highest BCUT2D eigenvalue weighted by Gasteiger charge is 2.13. The first-order valence-corrected chi connectivity index (χ1v) is 7.48. The first-order valence-electron chi connectivity index (χ1n) is 6.66. The third-order valence-electron chi connectivity index (χ3n) is 2.94. The first-order chi connectivity index (χ1) is 10.0. The number of hydrogen-bond donors (Lipinski definition) is 2. The molecule has 112 valence electrons. The summed E-state index contributed by atoms with van der Waals surface area (Å²) in [5, 5.41) is 13.6. The summed E-state index contributed by atoms with van der Waals surface area (Å²) in [7, 11) is 0. The molecule has 0 aliphatic rings. The number of aliphatic hydroxyl groups is 1. The van der Waals surface area contributed by atoms with Crippen molar-refractivity contribution in [1.82, 2.24) is 10.3 Å². The fourth-order valence-electron chi connectivity index (χ4n) is 1.91. The summed E-state index contributed by atoms with van der Waals surface area (Å²) in [6.45, 7) is 2.46. The van der Waals surface area contributed by atoms with Crippen LogP contribution in [0, 0.1) is 12.7 Å². The van der Waals surface area contributed by atoms with E-state index in [1.54, 1.807) is 23.6 Å². The second-order valence-electron chi connectivity index (χ2n) is 4.74. The number of nitrogens with one attached hydrogen (secondary N) is 1. The van der Waals surface area contributed by atoms with Crippen LogP contribution < -0.4 is 5.32 Å². The predicted octanol–water partition coefficient (Wildman–Crippen LogP) is 2.37. The molecule has 0 aliphatic heterocycles. The van der Waals surface area contributed by atoms with Gasteiger partial charge >= 0.3 is 0 Å². The van der Waals surface area contributed by atoms with E-state index in [0.717, 1.165) is 9.88 Å². The molecular formula is C15H17FN2O2S. The lowest BCUT2D eigenvalue weighted by Gasteiger charge is -2.11. The molecule has 1 amide bonds. The SMILES string of the molecule is Cc1cnc(CCNC(=O)CC(O)c2cccc(F)c2)s1. The molecule has 0 saturated heterocycles. The maximum Gasteiger partial charge on any atom is 0.222 e. The van der Waals surface area contributed by atoms with Gasteiger partial charge in [0.2, 0.25) is 5.91 Å². The Morgan fingerprint density at radius 3 is 3.00 bits per heavy atom. The summed E-state index contributed by atoms with van der Waals surface area (Å²) in [6.07, 6.45) is 1.39. The molecule has 4 nitrogen and oxygen atoms in total. The molecule has 1 aromatic heterocycles. The van der Waals surface area contributed by atoms with Crippen molar-refractivity contribution in [1.29, 1.82) is 0 Å². The lowest BCUT2D eigenvalue weighted by atomic mass is 10.1. The standard InChI is InChI=1S/C15H17FN2O2S/c1-10-9-18-15(21-10)5-6-17-14(20)8-13(19)11-3-2-4-12(16)7-11/h2-4,7,9,13,19H,5-6,8H2,1H3,(H,17,20). The van der Waals surface area contributed by atoms with Crippen molar-refractivity contribution in [2.45, 2.75) is 25.9 Å². The minimum Gasteiger partial charge on any atom is -0.388 e. The largest absolute Gasteiger partial charge is 0.388 e. The molecule has 2 N–H and O–H groups in total. The summed E-state index contributed by atoms with van der Waals surface area (Å²) in [4.78, 5) is 17.1. The monoisotopic (exact) mass is 308 g/mol. The van der Waals surface area contributed by atoms with Gasteiger partial charge in [-0.25, -0.2) is 9.37 Å². The molecule has 1 aromatic carbocycles. The Morgan fingerprint density at radius 1 is 1.52 bits per heavy atom. The third-order valence-corrected chi connectivity index (χ3v) is 3.91. The van der Waals surface area contributed by atoms with Crippen molar-refractivity contribution in [2.75, 3.05) is 6.54 Å². The zero-order valence-corrected chi connectivity index (χ0v) is 12.5. The number of halogens is 1. The van der Waals surface area contributed by atoms with Gasteiger partial charge in [-0.15, -0.1) is 11.3 Å². The second-order valence-corrected chi connectivity index (χ2v) is 6.06. The van der Waals surface area contributed by atoms with E-state index in [0.29, 0.717) is 18.5 Å². The van der Waals surface area contributed by atoms with Gasteiger partial charge in [-0.2, -0.15) is 0 Å². The topological polar surface area (TPSA) is 62.2 Å². The van der Waals surface area contributed by atoms with Crippen LogP contribution in [0.15, 0.2) is 30.5 Å². The van der Waals surface area contributed by atoms with Crippen LogP contribution >= 0.6 is 11.3 Å². The molecule has 1 unspecified atom stereocenters. The molecule has 6 heteroatoms. The summed E-state index contributed by atoms with van der Waals surface area (Å²) in [6, 6.07) is 5.64. The minimum atomic E-state index is -0.997. The van der Waals surface area contributed by atoms with Gasteiger partial charge in [0.1, 0.15) is 5.82 Å². The van der Waals surface area contributed by atoms with E-state index in [1.807, 2.05) is 6.92 Å². The highest BCUT2D eigenvalue weighted by molar-refractivity contribution is 7.11. The van der Waals surface area contributed by atoms with Crippen molar-refractivity contribution in [2.24, 2.45) is 0 Å². The fraction of sp³-hybridized carbons (Fsp3) is 0.333. The van der Waals surface area contributed by atoms with Crippen LogP contribution in [-0.4, -0.2) is 22.5 Å². The number of aliphatic hydroxyl groups excluding tert-OH is 1. The second kappa shape index (κ2) is 7.28. The number of rotatable bonds is 6. The van der Waals surface area contributed by atoms with E-state index in [4.69, 9.17) is 0 Å². The molecule has 0 fully saturated rings. The maximum atomic E-state index is 13.0. The number of nitrogens with zero attached hydrogens (tertiary/aromatic N) is 1. The highest BCUT2D eigenvalue weighted by Crippen LogP contribution is 2.17. The summed E-state index contributed by atoms with van der Waals surface area (Å²) in [5.41, 5.74) is 0.403. The van der Waals surface area contributed by atoms with E-state index in [-0.39, 0.29) is 12.3 Å². The van der Waals surface area contributed by atoms with Crippen LogP contribution in [0.3, 0.4) is 0 Å². The predicted molar refractivity (Wildman–Crippen MR) is 79.5 cm³/mol. The maximum absolute atomic E-state index is 13.0. The van der Waals surface area contributed by atoms with E-state index < -0.39 is 11.9 Å². The molecule has 21 heavy (non-hydrogen) atoms. The van der Waals surface area contributed by atoms with Gasteiger partial charge in [0, 0.05) is 24.0 Å². The summed E-state index contributed by atoms with van der Waals surface area (Å²) < 4.78 is 13.0. The van der Waals surface area contributed by atoms with Crippen LogP contribution in [0.2, 0.25) is 0 Å². The van der Waals surface area contributed by atoms with E-state index in [1.165, 1.54) is 18.2 Å². The van der Waals surface area contributed by atoms with E-state index in [9.17, 15) is 14.3 Å². The van der Waals surface area contributed by atoms with E-state index in [2.05, 4.69) is 10.3 Å². The lowest BCUT2D eigenvalue weighted by molar-refractivity contribution is -0.123. The van der Waals surface area contributed by atoms with Gasteiger partial charge in [0.25, 0.3) is 0 Å². The van der Waals surface area contributed by atoms with Crippen molar-refractivity contribution in [3.63, 3.8) is 0 Å². The van der Waals surface area contributed by atoms with Gasteiger partial charge in [-0.1, -0.05) is 12.1 Å². The summed E-state index contributed by atoms with van der Waals surface area (Å²) in [5.74, 6) is -0.689. The van der Waals surface area contributed by atoms with Crippen molar-refractivity contribution in [3.8, 4) is 0 Å². The van der Waals surface area contributed by atoms with Crippen molar-refractivity contribution < 1.29 is 14.3 Å².